The molecular weight excluding hydrogens is 232 g/mol. The fourth-order valence-corrected chi connectivity index (χ4v) is 3.03. The van der Waals surface area contributed by atoms with Gasteiger partial charge >= 0.3 is 0 Å². The normalized spacial score (nSPS) is 15.4. The van der Waals surface area contributed by atoms with Crippen LogP contribution in [0, 0.1) is 6.92 Å². The van der Waals surface area contributed by atoms with Crippen molar-refractivity contribution in [3.05, 3.63) is 51.2 Å². The molecule has 3 rings (SSSR count). The van der Waals surface area contributed by atoms with Crippen molar-refractivity contribution < 1.29 is 9.84 Å². The Bertz CT molecular complexity index is 545. The molecule has 2 aromatic rings. The molecule has 0 aliphatic carbocycles. The summed E-state index contributed by atoms with van der Waals surface area (Å²) in [6.07, 6.45) is 0.430. The Morgan fingerprint density at radius 3 is 2.94 bits per heavy atom. The van der Waals surface area contributed by atoms with Crippen LogP contribution in [-0.4, -0.2) is 11.7 Å². The van der Waals surface area contributed by atoms with Gasteiger partial charge in [-0.1, -0.05) is 6.07 Å². The summed E-state index contributed by atoms with van der Waals surface area (Å²) < 4.78 is 5.46. The van der Waals surface area contributed by atoms with Crippen molar-refractivity contribution in [1.82, 2.24) is 0 Å². The van der Waals surface area contributed by atoms with Crippen LogP contribution in [-0.2, 0) is 6.42 Å². The van der Waals surface area contributed by atoms with Gasteiger partial charge < -0.3 is 9.84 Å². The number of aliphatic hydroxyl groups is 1. The molecule has 0 amide bonds. The molecule has 1 N–H and O–H groups in total. The highest BCUT2D eigenvalue weighted by Gasteiger charge is 2.17. The molecule has 1 aliphatic heterocycles. The Labute approximate surface area is 104 Å². The minimum atomic E-state index is -0.514. The molecular formula is C14H14O2S. The van der Waals surface area contributed by atoms with Gasteiger partial charge in [-0.25, -0.2) is 0 Å². The average molecular weight is 246 g/mol. The van der Waals surface area contributed by atoms with Crippen LogP contribution in [0.2, 0.25) is 0 Å². The number of fused-ring (bicyclic) bond motifs is 1. The number of rotatable bonds is 2. The van der Waals surface area contributed by atoms with Crippen molar-refractivity contribution in [3.8, 4) is 5.75 Å². The highest BCUT2D eigenvalue weighted by molar-refractivity contribution is 7.12. The molecule has 2 heterocycles. The predicted molar refractivity (Wildman–Crippen MR) is 68.8 cm³/mol. The van der Waals surface area contributed by atoms with Crippen LogP contribution >= 0.6 is 11.3 Å². The van der Waals surface area contributed by atoms with E-state index in [9.17, 15) is 5.11 Å². The fourth-order valence-electron chi connectivity index (χ4n) is 2.14. The molecule has 3 heteroatoms. The lowest BCUT2D eigenvalue weighted by atomic mass is 10.0. The molecule has 0 saturated heterocycles. The van der Waals surface area contributed by atoms with Gasteiger partial charge in [0, 0.05) is 16.2 Å². The summed E-state index contributed by atoms with van der Waals surface area (Å²) in [5, 5.41) is 10.3. The third-order valence-electron chi connectivity index (χ3n) is 3.06. The largest absolute Gasteiger partial charge is 0.493 e. The van der Waals surface area contributed by atoms with Crippen molar-refractivity contribution in [2.45, 2.75) is 19.4 Å². The second-order valence-corrected chi connectivity index (χ2v) is 5.64. The van der Waals surface area contributed by atoms with Crippen LogP contribution in [0.1, 0.15) is 27.0 Å². The van der Waals surface area contributed by atoms with E-state index in [1.54, 1.807) is 11.3 Å². The van der Waals surface area contributed by atoms with E-state index in [1.807, 2.05) is 24.3 Å². The van der Waals surface area contributed by atoms with Crippen LogP contribution < -0.4 is 4.74 Å². The van der Waals surface area contributed by atoms with Crippen LogP contribution in [0.25, 0.3) is 0 Å². The van der Waals surface area contributed by atoms with Crippen LogP contribution in [0.3, 0.4) is 0 Å². The molecule has 0 fully saturated rings. The van der Waals surface area contributed by atoms with Gasteiger partial charge in [-0.3, -0.25) is 0 Å². The lowest BCUT2D eigenvalue weighted by Crippen LogP contribution is -1.97. The van der Waals surface area contributed by atoms with E-state index in [1.165, 1.54) is 10.4 Å². The number of aryl methyl sites for hydroxylation is 1. The van der Waals surface area contributed by atoms with Gasteiger partial charge in [0.15, 0.2) is 0 Å². The maximum absolute atomic E-state index is 10.3. The molecule has 0 radical (unpaired) electrons. The molecule has 1 aromatic heterocycles. The third-order valence-corrected chi connectivity index (χ3v) is 4.11. The maximum Gasteiger partial charge on any atom is 0.122 e. The minimum absolute atomic E-state index is 0.514. The van der Waals surface area contributed by atoms with Gasteiger partial charge in [0.25, 0.3) is 0 Å². The zero-order valence-electron chi connectivity index (χ0n) is 9.64. The van der Waals surface area contributed by atoms with Crippen molar-refractivity contribution in [1.29, 1.82) is 0 Å². The molecule has 0 spiro atoms. The van der Waals surface area contributed by atoms with Crippen molar-refractivity contribution in [2.75, 3.05) is 6.61 Å². The number of ether oxygens (including phenoxy) is 1. The standard InChI is InChI=1S/C14H14O2S/c1-9-2-5-13(17-9)14(15)11-3-4-12-10(8-11)6-7-16-12/h2-5,8,14-15H,6-7H2,1H3. The summed E-state index contributed by atoms with van der Waals surface area (Å²) in [5.74, 6) is 0.961. The van der Waals surface area contributed by atoms with Crippen LogP contribution in [0.15, 0.2) is 30.3 Å². The van der Waals surface area contributed by atoms with Gasteiger partial charge in [-0.05, 0) is 42.3 Å². The van der Waals surface area contributed by atoms with E-state index in [2.05, 4.69) is 13.0 Å². The van der Waals surface area contributed by atoms with Gasteiger partial charge in [0.1, 0.15) is 11.9 Å². The summed E-state index contributed by atoms with van der Waals surface area (Å²) in [5.41, 5.74) is 2.16. The van der Waals surface area contributed by atoms with Crippen molar-refractivity contribution in [2.24, 2.45) is 0 Å². The Morgan fingerprint density at radius 1 is 1.29 bits per heavy atom. The number of thiophene rings is 1. The smallest absolute Gasteiger partial charge is 0.122 e. The molecule has 1 aromatic carbocycles. The summed E-state index contributed by atoms with van der Waals surface area (Å²) in [7, 11) is 0. The average Bonchev–Trinajstić information content (AvgIpc) is 2.95. The molecule has 0 saturated carbocycles. The first-order valence-electron chi connectivity index (χ1n) is 5.74. The summed E-state index contributed by atoms with van der Waals surface area (Å²) in [4.78, 5) is 2.23. The minimum Gasteiger partial charge on any atom is -0.493 e. The van der Waals surface area contributed by atoms with Crippen LogP contribution in [0.5, 0.6) is 5.75 Å². The Hall–Kier alpha value is -1.32. The Morgan fingerprint density at radius 2 is 2.18 bits per heavy atom. The third kappa shape index (κ3) is 1.96. The van der Waals surface area contributed by atoms with E-state index in [-0.39, 0.29) is 0 Å². The van der Waals surface area contributed by atoms with Crippen molar-refractivity contribution >= 4 is 11.3 Å². The lowest BCUT2D eigenvalue weighted by molar-refractivity contribution is 0.224. The predicted octanol–water partition coefficient (Wildman–Crippen LogP) is 3.07. The highest BCUT2D eigenvalue weighted by Crippen LogP contribution is 2.32. The fraction of sp³-hybridized carbons (Fsp3) is 0.286. The van der Waals surface area contributed by atoms with E-state index in [0.29, 0.717) is 0 Å². The lowest BCUT2D eigenvalue weighted by Gasteiger charge is -2.10. The summed E-state index contributed by atoms with van der Waals surface area (Å²) in [6, 6.07) is 10.0. The quantitative estimate of drug-likeness (QED) is 0.882. The van der Waals surface area contributed by atoms with Crippen molar-refractivity contribution in [3.63, 3.8) is 0 Å². The monoisotopic (exact) mass is 246 g/mol. The SMILES string of the molecule is Cc1ccc(C(O)c2ccc3c(c2)CCO3)s1. The summed E-state index contributed by atoms with van der Waals surface area (Å²) >= 11 is 1.64. The molecule has 0 bridgehead atoms. The molecule has 2 nitrogen and oxygen atoms in total. The van der Waals surface area contributed by atoms with Gasteiger partial charge in [0.05, 0.1) is 6.61 Å². The number of hydrogen-bond donors (Lipinski definition) is 1. The Kier molecular flexibility index (Phi) is 2.65. The zero-order valence-corrected chi connectivity index (χ0v) is 10.5. The molecule has 88 valence electrons. The number of hydrogen-bond acceptors (Lipinski definition) is 3. The molecule has 1 unspecified atom stereocenters. The van der Waals surface area contributed by atoms with E-state index in [4.69, 9.17) is 4.74 Å². The second kappa shape index (κ2) is 4.17. The summed E-state index contributed by atoms with van der Waals surface area (Å²) in [6.45, 7) is 2.81. The second-order valence-electron chi connectivity index (χ2n) is 4.32. The highest BCUT2D eigenvalue weighted by atomic mass is 32.1. The van der Waals surface area contributed by atoms with Gasteiger partial charge in [-0.15, -0.1) is 11.3 Å². The first kappa shape index (κ1) is 10.8. The molecule has 17 heavy (non-hydrogen) atoms. The maximum atomic E-state index is 10.3. The van der Waals surface area contributed by atoms with Crippen LogP contribution in [0.4, 0.5) is 0 Å². The zero-order chi connectivity index (χ0) is 11.8. The van der Waals surface area contributed by atoms with E-state index < -0.39 is 6.10 Å². The Balaban J connectivity index is 1.94. The number of aliphatic hydroxyl groups excluding tert-OH is 1. The topological polar surface area (TPSA) is 29.5 Å². The first-order chi connectivity index (χ1) is 8.24. The molecule has 1 aliphatic rings. The molecule has 1 atom stereocenters. The first-order valence-corrected chi connectivity index (χ1v) is 6.56. The van der Waals surface area contributed by atoms with E-state index >= 15 is 0 Å². The van der Waals surface area contributed by atoms with Gasteiger partial charge in [-0.2, -0.15) is 0 Å². The van der Waals surface area contributed by atoms with Gasteiger partial charge in [0.2, 0.25) is 0 Å². The number of benzene rings is 1. The van der Waals surface area contributed by atoms with E-state index in [0.717, 1.165) is 29.2 Å².